The summed E-state index contributed by atoms with van der Waals surface area (Å²) in [6.07, 6.45) is -0.794. The van der Waals surface area contributed by atoms with E-state index in [0.29, 0.717) is 0 Å². The van der Waals surface area contributed by atoms with Crippen LogP contribution in [0.5, 0.6) is 0 Å². The Morgan fingerprint density at radius 1 is 0.750 bits per heavy atom. The van der Waals surface area contributed by atoms with E-state index < -0.39 is 48.8 Å². The molecule has 0 fully saturated rings. The minimum Gasteiger partial charge on any atom is -0.481 e. The van der Waals surface area contributed by atoms with Crippen LogP contribution in [0.3, 0.4) is 0 Å². The molecule has 2 unspecified atom stereocenters. The van der Waals surface area contributed by atoms with Gasteiger partial charge in [0.1, 0.15) is 12.1 Å². The molecular weight excluding hydrogens is 276 g/mol. The van der Waals surface area contributed by atoms with Gasteiger partial charge in [-0.3, -0.25) is 19.2 Å². The van der Waals surface area contributed by atoms with Crippen molar-refractivity contribution >= 4 is 23.9 Å². The number of carbonyl (C=O) groups is 4. The lowest BCUT2D eigenvalue weighted by atomic mass is 10.2. The molecule has 20 heavy (non-hydrogen) atoms. The third-order valence-electron chi connectivity index (χ3n) is 2.05. The van der Waals surface area contributed by atoms with Crippen LogP contribution in [0.25, 0.3) is 0 Å². The van der Waals surface area contributed by atoms with E-state index in [-0.39, 0.29) is 0 Å². The third-order valence-corrected chi connectivity index (χ3v) is 2.05. The summed E-state index contributed by atoms with van der Waals surface area (Å²) in [5.41, 5.74) is 0. The zero-order chi connectivity index (χ0) is 16.3. The number of rotatable bonds is 8. The van der Waals surface area contributed by atoms with Gasteiger partial charge in [-0.25, -0.2) is 0 Å². The molecule has 116 valence electrons. The second-order valence-corrected chi connectivity index (χ2v) is 3.55. The summed E-state index contributed by atoms with van der Waals surface area (Å²) in [6.45, 7) is 0. The summed E-state index contributed by atoms with van der Waals surface area (Å²) >= 11 is 0. The predicted octanol–water partition coefficient (Wildman–Crippen LogP) is -1.73. The molecule has 0 aromatic heterocycles. The molecule has 0 saturated heterocycles. The van der Waals surface area contributed by atoms with Gasteiger partial charge in [0.15, 0.2) is 0 Å². The first kappa shape index (κ1) is 20.1. The Balaban J connectivity index is 0. The quantitative estimate of drug-likeness (QED) is 0.302. The van der Waals surface area contributed by atoms with Crippen LogP contribution >= 0.6 is 0 Å². The molecule has 10 nitrogen and oxygen atoms in total. The molecule has 10 heteroatoms. The van der Waals surface area contributed by atoms with Crippen LogP contribution < -0.4 is 10.6 Å². The highest BCUT2D eigenvalue weighted by Crippen LogP contribution is 1.90. The number of aliphatic carboxylic acids is 4. The summed E-state index contributed by atoms with van der Waals surface area (Å²) in [6, 6.07) is -1.98. The van der Waals surface area contributed by atoms with Gasteiger partial charge >= 0.3 is 23.9 Å². The maximum atomic E-state index is 10.1. The minimum atomic E-state index is -1.15. The monoisotopic (exact) mass is 294 g/mol. The van der Waals surface area contributed by atoms with Crippen LogP contribution in [0.2, 0.25) is 0 Å². The van der Waals surface area contributed by atoms with Gasteiger partial charge in [0.2, 0.25) is 0 Å². The summed E-state index contributed by atoms with van der Waals surface area (Å²) in [5, 5.41) is 37.6. The van der Waals surface area contributed by atoms with Gasteiger partial charge in [-0.1, -0.05) is 0 Å². The van der Waals surface area contributed by atoms with Crippen molar-refractivity contribution in [2.75, 3.05) is 14.1 Å². The Kier molecular flexibility index (Phi) is 10.8. The number of hydrogen-bond acceptors (Lipinski definition) is 6. The van der Waals surface area contributed by atoms with E-state index in [9.17, 15) is 19.2 Å². The first-order valence-corrected chi connectivity index (χ1v) is 5.39. The number of carboxylic acids is 4. The second-order valence-electron chi connectivity index (χ2n) is 3.55. The summed E-state index contributed by atoms with van der Waals surface area (Å²) < 4.78 is 0. The molecule has 0 spiro atoms. The van der Waals surface area contributed by atoms with E-state index in [1.165, 1.54) is 14.1 Å². The topological polar surface area (TPSA) is 173 Å². The zero-order valence-electron chi connectivity index (χ0n) is 11.0. The number of hydrogen-bond donors (Lipinski definition) is 6. The fourth-order valence-electron chi connectivity index (χ4n) is 0.975. The molecule has 0 aliphatic rings. The number of nitrogens with one attached hydrogen (secondary N) is 2. The van der Waals surface area contributed by atoms with Crippen molar-refractivity contribution in [3.8, 4) is 0 Å². The van der Waals surface area contributed by atoms with E-state index in [2.05, 4.69) is 10.6 Å². The average molecular weight is 294 g/mol. The third kappa shape index (κ3) is 10.9. The van der Waals surface area contributed by atoms with Gasteiger partial charge < -0.3 is 31.1 Å². The van der Waals surface area contributed by atoms with Crippen molar-refractivity contribution in [3.63, 3.8) is 0 Å². The molecule has 0 rings (SSSR count). The molecule has 0 saturated carbocycles. The Hall–Kier alpha value is -2.20. The normalized spacial score (nSPS) is 12.5. The van der Waals surface area contributed by atoms with E-state index in [1.807, 2.05) is 0 Å². The summed E-state index contributed by atoms with van der Waals surface area (Å²) in [4.78, 5) is 40.2. The summed E-state index contributed by atoms with van der Waals surface area (Å²) in [7, 11) is 2.81. The average Bonchev–Trinajstić information content (AvgIpc) is 2.32. The van der Waals surface area contributed by atoms with Gasteiger partial charge in [0.25, 0.3) is 0 Å². The standard InChI is InChI=1S/2C5H9NO4/c2*1-6-3(5(9)10)2-4(7)8/h2*3,6H,2H2,1H3,(H,7,8)(H,9,10). The van der Waals surface area contributed by atoms with Crippen molar-refractivity contribution in [1.29, 1.82) is 0 Å². The molecule has 0 aliphatic heterocycles. The van der Waals surface area contributed by atoms with Crippen LogP contribution in [-0.4, -0.2) is 70.5 Å². The molecule has 0 amide bonds. The molecule has 0 aromatic rings. The van der Waals surface area contributed by atoms with Gasteiger partial charge in [-0.05, 0) is 14.1 Å². The maximum Gasteiger partial charge on any atom is 0.321 e. The van der Waals surface area contributed by atoms with Crippen molar-refractivity contribution in [2.24, 2.45) is 0 Å². The highest BCUT2D eigenvalue weighted by Gasteiger charge is 2.18. The molecule has 0 heterocycles. The van der Waals surface area contributed by atoms with Crippen LogP contribution in [0.1, 0.15) is 12.8 Å². The van der Waals surface area contributed by atoms with Gasteiger partial charge in [0.05, 0.1) is 12.8 Å². The molecule has 0 aromatic carbocycles. The molecule has 2 atom stereocenters. The number of likely N-dealkylation sites (N-methyl/N-ethyl adjacent to an activating group) is 2. The van der Waals surface area contributed by atoms with Gasteiger partial charge in [-0.15, -0.1) is 0 Å². The highest BCUT2D eigenvalue weighted by atomic mass is 16.4. The minimum absolute atomic E-state index is 0.397. The fourth-order valence-corrected chi connectivity index (χ4v) is 0.975. The molecule has 0 aliphatic carbocycles. The molecule has 6 N–H and O–H groups in total. The lowest BCUT2D eigenvalue weighted by Crippen LogP contribution is -2.35. The van der Waals surface area contributed by atoms with Gasteiger partial charge in [-0.2, -0.15) is 0 Å². The van der Waals surface area contributed by atoms with Crippen molar-refractivity contribution in [1.82, 2.24) is 10.6 Å². The maximum absolute atomic E-state index is 10.1. The zero-order valence-corrected chi connectivity index (χ0v) is 11.0. The fraction of sp³-hybridized carbons (Fsp3) is 0.600. The SMILES string of the molecule is CNC(CC(=O)O)C(=O)O.CNC(CC(=O)O)C(=O)O. The Labute approximate surface area is 114 Å². The first-order chi connectivity index (χ1) is 9.15. The largest absolute Gasteiger partial charge is 0.481 e. The van der Waals surface area contributed by atoms with Crippen LogP contribution in [-0.2, 0) is 19.2 Å². The predicted molar refractivity (Wildman–Crippen MR) is 65.5 cm³/mol. The van der Waals surface area contributed by atoms with E-state index in [0.717, 1.165) is 0 Å². The second kappa shape index (κ2) is 10.7. The summed E-state index contributed by atoms with van der Waals surface area (Å²) in [5.74, 6) is -4.54. The van der Waals surface area contributed by atoms with Crippen LogP contribution in [0.15, 0.2) is 0 Å². The first-order valence-electron chi connectivity index (χ1n) is 5.39. The van der Waals surface area contributed by atoms with Gasteiger partial charge in [0, 0.05) is 0 Å². The molecule has 0 radical (unpaired) electrons. The lowest BCUT2D eigenvalue weighted by Gasteiger charge is -2.06. The van der Waals surface area contributed by atoms with Crippen molar-refractivity contribution in [2.45, 2.75) is 24.9 Å². The molecule has 0 bridgehead atoms. The van der Waals surface area contributed by atoms with Crippen LogP contribution in [0, 0.1) is 0 Å². The number of carboxylic acid groups (broad SMARTS) is 4. The highest BCUT2D eigenvalue weighted by molar-refractivity contribution is 5.80. The van der Waals surface area contributed by atoms with Crippen molar-refractivity contribution < 1.29 is 39.6 Å². The van der Waals surface area contributed by atoms with E-state index in [1.54, 1.807) is 0 Å². The van der Waals surface area contributed by atoms with E-state index >= 15 is 0 Å². The molecular formula is C10H18N2O8. The Morgan fingerprint density at radius 2 is 1.00 bits per heavy atom. The van der Waals surface area contributed by atoms with Crippen molar-refractivity contribution in [3.05, 3.63) is 0 Å². The van der Waals surface area contributed by atoms with E-state index in [4.69, 9.17) is 20.4 Å². The Bertz CT molecular complexity index is 323. The lowest BCUT2D eigenvalue weighted by molar-refractivity contribution is -0.145. The Morgan fingerprint density at radius 3 is 1.05 bits per heavy atom. The smallest absolute Gasteiger partial charge is 0.321 e. The van der Waals surface area contributed by atoms with Crippen LogP contribution in [0.4, 0.5) is 0 Å².